The number of aromatic nitrogens is 3. The molecule has 0 amide bonds. The normalized spacial score (nSPS) is 10.3. The highest BCUT2D eigenvalue weighted by Gasteiger charge is 2.09. The summed E-state index contributed by atoms with van der Waals surface area (Å²) < 4.78 is 1.80. The summed E-state index contributed by atoms with van der Waals surface area (Å²) in [5.74, 6) is 0. The average Bonchev–Trinajstić information content (AvgIpc) is 2.94. The van der Waals surface area contributed by atoms with Crippen LogP contribution in [0.4, 0.5) is 0 Å². The maximum atomic E-state index is 6.19. The number of hydrogen-bond donors (Lipinski definition) is 0. The van der Waals surface area contributed by atoms with Gasteiger partial charge in [-0.2, -0.15) is 5.10 Å². The molecule has 0 aliphatic carbocycles. The Labute approximate surface area is 134 Å². The highest BCUT2D eigenvalue weighted by atomic mass is 35.5. The van der Waals surface area contributed by atoms with E-state index >= 15 is 0 Å². The van der Waals surface area contributed by atoms with Gasteiger partial charge in [-0.25, -0.2) is 9.50 Å². The second-order valence-corrected chi connectivity index (χ2v) is 5.18. The lowest BCUT2D eigenvalue weighted by atomic mass is 10.1. The first-order valence-corrected chi connectivity index (χ1v) is 7.64. The van der Waals surface area contributed by atoms with Gasteiger partial charge in [0.1, 0.15) is 0 Å². The molecule has 0 spiro atoms. The first-order chi connectivity index (χ1) is 10.1. The molecule has 0 radical (unpaired) electrons. The minimum Gasteiger partial charge on any atom is -0.233 e. The lowest BCUT2D eigenvalue weighted by Crippen LogP contribution is -2.01. The first kappa shape index (κ1) is 15.8. The van der Waals surface area contributed by atoms with Crippen molar-refractivity contribution in [3.05, 3.63) is 63.5 Å². The summed E-state index contributed by atoms with van der Waals surface area (Å²) in [5.41, 5.74) is 3.70. The van der Waals surface area contributed by atoms with Crippen LogP contribution in [0.15, 0.2) is 36.5 Å². The van der Waals surface area contributed by atoms with Crippen molar-refractivity contribution in [3.8, 4) is 0 Å². The number of aryl methyl sites for hydroxylation is 1. The number of hydrogen-bond acceptors (Lipinski definition) is 2. The third kappa shape index (κ3) is 3.36. The molecule has 5 heteroatoms. The van der Waals surface area contributed by atoms with Crippen LogP contribution < -0.4 is 0 Å². The van der Waals surface area contributed by atoms with Crippen LogP contribution in [-0.2, 0) is 6.42 Å². The van der Waals surface area contributed by atoms with Crippen molar-refractivity contribution in [2.45, 2.75) is 27.2 Å². The van der Waals surface area contributed by atoms with Gasteiger partial charge in [-0.1, -0.05) is 43.1 Å². The van der Waals surface area contributed by atoms with Gasteiger partial charge in [0, 0.05) is 33.9 Å². The Morgan fingerprint density at radius 3 is 2.43 bits per heavy atom. The molecule has 2 heterocycles. The van der Waals surface area contributed by atoms with Crippen molar-refractivity contribution >= 4 is 28.8 Å². The Bertz CT molecular complexity index is 730. The van der Waals surface area contributed by atoms with E-state index in [1.54, 1.807) is 10.7 Å². The molecule has 0 saturated heterocycles. The molecule has 0 aliphatic rings. The molecule has 3 aromatic rings. The van der Waals surface area contributed by atoms with Crippen molar-refractivity contribution in [2.24, 2.45) is 0 Å². The van der Waals surface area contributed by atoms with Crippen LogP contribution in [0.25, 0.3) is 5.65 Å². The lowest BCUT2D eigenvalue weighted by Gasteiger charge is -2.08. The van der Waals surface area contributed by atoms with Crippen LogP contribution in [0.1, 0.15) is 30.8 Å². The largest absolute Gasteiger partial charge is 0.233 e. The van der Waals surface area contributed by atoms with Crippen LogP contribution in [-0.4, -0.2) is 14.6 Å². The van der Waals surface area contributed by atoms with E-state index in [1.807, 2.05) is 51.1 Å². The Hall–Kier alpha value is -1.58. The van der Waals surface area contributed by atoms with Crippen LogP contribution in [0.2, 0.25) is 10.0 Å². The van der Waals surface area contributed by atoms with E-state index in [4.69, 9.17) is 23.2 Å². The predicted octanol–water partition coefficient (Wildman–Crippen LogP) is 4.96. The predicted molar refractivity (Wildman–Crippen MR) is 88.3 cm³/mol. The molecule has 21 heavy (non-hydrogen) atoms. The fraction of sp³-hybridized carbons (Fsp3) is 0.250. The van der Waals surface area contributed by atoms with Crippen LogP contribution in [0.3, 0.4) is 0 Å². The zero-order chi connectivity index (χ0) is 15.4. The molecule has 3 rings (SSSR count). The van der Waals surface area contributed by atoms with Gasteiger partial charge in [-0.3, -0.25) is 0 Å². The minimum absolute atomic E-state index is 0.612. The molecule has 0 atom stereocenters. The highest BCUT2D eigenvalue weighted by Crippen LogP contribution is 2.26. The zero-order valence-corrected chi connectivity index (χ0v) is 13.8. The molecular formula is C16H17Cl2N3. The minimum atomic E-state index is 0.612. The van der Waals surface area contributed by atoms with Crippen molar-refractivity contribution < 1.29 is 0 Å². The van der Waals surface area contributed by atoms with Crippen LogP contribution in [0, 0.1) is 6.92 Å². The number of rotatable bonds is 2. The van der Waals surface area contributed by atoms with Gasteiger partial charge in [0.05, 0.1) is 6.20 Å². The Morgan fingerprint density at radius 1 is 1.10 bits per heavy atom. The first-order valence-electron chi connectivity index (χ1n) is 6.88. The molecule has 0 aliphatic heterocycles. The number of benzene rings is 1. The van der Waals surface area contributed by atoms with Crippen LogP contribution >= 0.6 is 23.2 Å². The summed E-state index contributed by atoms with van der Waals surface area (Å²) in [4.78, 5) is 4.56. The average molecular weight is 322 g/mol. The molecule has 1 aromatic carbocycles. The van der Waals surface area contributed by atoms with E-state index in [0.29, 0.717) is 16.5 Å². The van der Waals surface area contributed by atoms with E-state index in [0.717, 1.165) is 22.6 Å². The fourth-order valence-corrected chi connectivity index (χ4v) is 2.64. The third-order valence-electron chi connectivity index (χ3n) is 3.01. The van der Waals surface area contributed by atoms with Gasteiger partial charge in [0.2, 0.25) is 0 Å². The topological polar surface area (TPSA) is 30.2 Å². The van der Waals surface area contributed by atoms with E-state index in [-0.39, 0.29) is 0 Å². The molecule has 2 aromatic heterocycles. The molecule has 0 fully saturated rings. The number of nitrogens with zero attached hydrogens (tertiary/aromatic N) is 3. The van der Waals surface area contributed by atoms with E-state index in [1.165, 1.54) is 0 Å². The quantitative estimate of drug-likeness (QED) is 0.667. The van der Waals surface area contributed by atoms with Gasteiger partial charge in [-0.15, -0.1) is 0 Å². The second kappa shape index (κ2) is 6.92. The van der Waals surface area contributed by atoms with E-state index in [9.17, 15) is 0 Å². The summed E-state index contributed by atoms with van der Waals surface area (Å²) in [7, 11) is 0. The summed E-state index contributed by atoms with van der Waals surface area (Å²) >= 11 is 12.4. The maximum Gasteiger partial charge on any atom is 0.155 e. The van der Waals surface area contributed by atoms with Gasteiger partial charge in [0.15, 0.2) is 5.65 Å². The summed E-state index contributed by atoms with van der Waals surface area (Å²) in [6.45, 7) is 6.00. The van der Waals surface area contributed by atoms with Gasteiger partial charge in [-0.05, 0) is 30.7 Å². The van der Waals surface area contributed by atoms with E-state index in [2.05, 4.69) is 10.1 Å². The van der Waals surface area contributed by atoms with Crippen molar-refractivity contribution in [2.75, 3.05) is 0 Å². The fourth-order valence-electron chi connectivity index (χ4n) is 2.11. The van der Waals surface area contributed by atoms with Crippen molar-refractivity contribution in [1.29, 1.82) is 0 Å². The van der Waals surface area contributed by atoms with Gasteiger partial charge < -0.3 is 0 Å². The monoisotopic (exact) mass is 321 g/mol. The number of halogens is 2. The lowest BCUT2D eigenvalue weighted by molar-refractivity contribution is 0.877. The van der Waals surface area contributed by atoms with Crippen LogP contribution in [0.5, 0.6) is 0 Å². The highest BCUT2D eigenvalue weighted by molar-refractivity contribution is 6.36. The molecule has 3 nitrogen and oxygen atoms in total. The standard InChI is InChI=1S/C14H11Cl2N3.C2H6/c1-9-7-10(18-14-5-6-17-19(9)14)8-11-12(15)3-2-4-13(11)16;1-2/h2-7H,8H2,1H3;1-2H3. The summed E-state index contributed by atoms with van der Waals surface area (Å²) in [5, 5.41) is 5.54. The van der Waals surface area contributed by atoms with E-state index < -0.39 is 0 Å². The number of fused-ring (bicyclic) bond motifs is 1. The Kier molecular flexibility index (Phi) is 5.21. The summed E-state index contributed by atoms with van der Waals surface area (Å²) in [6.07, 6.45) is 2.35. The van der Waals surface area contributed by atoms with Gasteiger partial charge in [0.25, 0.3) is 0 Å². The third-order valence-corrected chi connectivity index (χ3v) is 3.72. The van der Waals surface area contributed by atoms with Crippen molar-refractivity contribution in [1.82, 2.24) is 14.6 Å². The second-order valence-electron chi connectivity index (χ2n) is 4.37. The SMILES string of the molecule is CC.Cc1cc(Cc2c(Cl)cccc2Cl)nc2ccnn12. The molecule has 0 N–H and O–H groups in total. The molecule has 110 valence electrons. The Morgan fingerprint density at radius 2 is 1.76 bits per heavy atom. The molecule has 0 bridgehead atoms. The smallest absolute Gasteiger partial charge is 0.155 e. The van der Waals surface area contributed by atoms with Crippen molar-refractivity contribution in [3.63, 3.8) is 0 Å². The summed E-state index contributed by atoms with van der Waals surface area (Å²) in [6, 6.07) is 9.40. The molecule has 0 saturated carbocycles. The maximum absolute atomic E-state index is 6.19. The molecular weight excluding hydrogens is 305 g/mol. The van der Waals surface area contributed by atoms with Gasteiger partial charge >= 0.3 is 0 Å². The Balaban J connectivity index is 0.000000774. The zero-order valence-electron chi connectivity index (χ0n) is 12.3. The molecule has 0 unspecified atom stereocenters.